The molecule has 0 saturated carbocycles. The van der Waals surface area contributed by atoms with Crippen molar-refractivity contribution in [2.45, 2.75) is 13.1 Å². The molecule has 0 fully saturated rings. The normalized spacial score (nSPS) is 11.1. The molecule has 0 unspecified atom stereocenters. The fraction of sp³-hybridized carbons (Fsp3) is 0.750. The first-order valence-corrected chi connectivity index (χ1v) is 5.48. The van der Waals surface area contributed by atoms with Gasteiger partial charge in [-0.05, 0) is 6.92 Å². The number of carbonyl (C=O) groups excluding carboxylic acids is 2. The zero-order valence-electron chi connectivity index (χ0n) is 8.51. The van der Waals surface area contributed by atoms with E-state index in [1.54, 1.807) is 0 Å². The molecular formula is C8H11BrF3NO3. The molecule has 0 spiro atoms. The molecule has 0 atom stereocenters. The van der Waals surface area contributed by atoms with Gasteiger partial charge in [0, 0.05) is 0 Å². The highest BCUT2D eigenvalue weighted by molar-refractivity contribution is 9.09. The standard InChI is InChI=1S/C8H11BrF3NO3/c1-2-16-7(15)13(4-6(14)3-9)5-8(10,11)12/h2-5H2,1H3. The second-order valence-electron chi connectivity index (χ2n) is 2.84. The summed E-state index contributed by atoms with van der Waals surface area (Å²) in [7, 11) is 0. The molecule has 1 amide bonds. The number of carbonyl (C=O) groups is 2. The Kier molecular flexibility index (Phi) is 6.39. The highest BCUT2D eigenvalue weighted by Crippen LogP contribution is 2.17. The third-order valence-electron chi connectivity index (χ3n) is 1.41. The maximum atomic E-state index is 12.1. The quantitative estimate of drug-likeness (QED) is 0.730. The van der Waals surface area contributed by atoms with Crippen molar-refractivity contribution in [3.05, 3.63) is 0 Å². The zero-order valence-corrected chi connectivity index (χ0v) is 10.1. The van der Waals surface area contributed by atoms with Crippen molar-refractivity contribution in [3.63, 3.8) is 0 Å². The predicted molar refractivity (Wildman–Crippen MR) is 53.5 cm³/mol. The van der Waals surface area contributed by atoms with Gasteiger partial charge in [0.25, 0.3) is 0 Å². The Bertz CT molecular complexity index is 257. The summed E-state index contributed by atoms with van der Waals surface area (Å²) in [5.41, 5.74) is 0. The minimum atomic E-state index is -4.56. The van der Waals surface area contributed by atoms with E-state index in [1.807, 2.05) is 0 Å². The highest BCUT2D eigenvalue weighted by atomic mass is 79.9. The Morgan fingerprint density at radius 3 is 2.31 bits per heavy atom. The molecule has 0 aromatic heterocycles. The number of ether oxygens (including phenoxy) is 1. The molecule has 16 heavy (non-hydrogen) atoms. The van der Waals surface area contributed by atoms with Crippen LogP contribution in [0, 0.1) is 0 Å². The maximum absolute atomic E-state index is 12.1. The Morgan fingerprint density at radius 2 is 1.94 bits per heavy atom. The summed E-state index contributed by atoms with van der Waals surface area (Å²) in [6.07, 6.45) is -5.70. The van der Waals surface area contributed by atoms with Crippen molar-refractivity contribution < 1.29 is 27.5 Å². The average molecular weight is 306 g/mol. The topological polar surface area (TPSA) is 46.6 Å². The fourth-order valence-corrected chi connectivity index (χ4v) is 1.05. The van der Waals surface area contributed by atoms with Gasteiger partial charge in [-0.2, -0.15) is 13.2 Å². The predicted octanol–water partition coefficient (Wildman–Crippen LogP) is 1.97. The Labute approximate surface area is 98.9 Å². The second kappa shape index (κ2) is 6.72. The van der Waals surface area contributed by atoms with E-state index in [9.17, 15) is 22.8 Å². The van der Waals surface area contributed by atoms with Crippen LogP contribution >= 0.6 is 15.9 Å². The smallest absolute Gasteiger partial charge is 0.410 e. The number of alkyl halides is 4. The Hall–Kier alpha value is -0.790. The van der Waals surface area contributed by atoms with Gasteiger partial charge in [-0.15, -0.1) is 0 Å². The molecule has 0 aromatic carbocycles. The molecule has 0 aliphatic heterocycles. The Balaban J connectivity index is 4.50. The van der Waals surface area contributed by atoms with E-state index in [4.69, 9.17) is 0 Å². The number of nitrogens with zero attached hydrogens (tertiary/aromatic N) is 1. The summed E-state index contributed by atoms with van der Waals surface area (Å²) in [4.78, 5) is 22.4. The van der Waals surface area contributed by atoms with Crippen LogP contribution in [0.3, 0.4) is 0 Å². The number of hydrogen-bond acceptors (Lipinski definition) is 3. The van der Waals surface area contributed by atoms with E-state index in [-0.39, 0.29) is 11.9 Å². The summed E-state index contributed by atoms with van der Waals surface area (Å²) in [6.45, 7) is -0.695. The summed E-state index contributed by atoms with van der Waals surface area (Å²) in [5.74, 6) is -0.530. The lowest BCUT2D eigenvalue weighted by Gasteiger charge is -2.21. The second-order valence-corrected chi connectivity index (χ2v) is 3.40. The zero-order chi connectivity index (χ0) is 12.8. The molecule has 0 bridgehead atoms. The number of halogens is 4. The van der Waals surface area contributed by atoms with E-state index >= 15 is 0 Å². The van der Waals surface area contributed by atoms with Crippen LogP contribution in [0.4, 0.5) is 18.0 Å². The van der Waals surface area contributed by atoms with Crippen LogP contribution in [0.1, 0.15) is 6.92 Å². The van der Waals surface area contributed by atoms with Gasteiger partial charge in [-0.1, -0.05) is 15.9 Å². The van der Waals surface area contributed by atoms with Crippen LogP contribution in [0.2, 0.25) is 0 Å². The molecule has 0 aromatic rings. The van der Waals surface area contributed by atoms with Gasteiger partial charge < -0.3 is 4.74 Å². The van der Waals surface area contributed by atoms with Crippen LogP contribution in [-0.2, 0) is 9.53 Å². The van der Waals surface area contributed by atoms with Gasteiger partial charge >= 0.3 is 12.3 Å². The van der Waals surface area contributed by atoms with Crippen LogP contribution in [0.5, 0.6) is 0 Å². The number of hydrogen-bond donors (Lipinski definition) is 0. The van der Waals surface area contributed by atoms with E-state index in [2.05, 4.69) is 20.7 Å². The van der Waals surface area contributed by atoms with Gasteiger partial charge in [-0.25, -0.2) is 4.79 Å². The molecule has 0 saturated heterocycles. The van der Waals surface area contributed by atoms with Crippen LogP contribution in [0.15, 0.2) is 0 Å². The third kappa shape index (κ3) is 6.65. The average Bonchev–Trinajstić information content (AvgIpc) is 2.14. The molecule has 4 nitrogen and oxygen atoms in total. The minimum Gasteiger partial charge on any atom is -0.450 e. The Morgan fingerprint density at radius 1 is 1.38 bits per heavy atom. The summed E-state index contributed by atoms with van der Waals surface area (Å²) >= 11 is 2.80. The van der Waals surface area contributed by atoms with Crippen molar-refractivity contribution in [1.82, 2.24) is 4.90 Å². The summed E-state index contributed by atoms with van der Waals surface area (Å²) in [6, 6.07) is 0. The van der Waals surface area contributed by atoms with E-state index < -0.39 is 31.1 Å². The van der Waals surface area contributed by atoms with Crippen molar-refractivity contribution in [1.29, 1.82) is 0 Å². The lowest BCUT2D eigenvalue weighted by molar-refractivity contribution is -0.144. The number of Topliss-reactive ketones (excluding diaryl/α,β-unsaturated/α-hetero) is 1. The molecule has 8 heteroatoms. The first kappa shape index (κ1) is 15.2. The molecule has 0 heterocycles. The van der Waals surface area contributed by atoms with E-state index in [0.29, 0.717) is 4.90 Å². The van der Waals surface area contributed by atoms with Crippen molar-refractivity contribution >= 4 is 27.8 Å². The van der Waals surface area contributed by atoms with Crippen LogP contribution < -0.4 is 0 Å². The van der Waals surface area contributed by atoms with E-state index in [0.717, 1.165) is 0 Å². The van der Waals surface area contributed by atoms with Gasteiger partial charge in [0.2, 0.25) is 0 Å². The number of rotatable bonds is 5. The fourth-order valence-electron chi connectivity index (χ4n) is 0.871. The molecule has 0 aliphatic rings. The largest absolute Gasteiger partial charge is 0.450 e. The van der Waals surface area contributed by atoms with Gasteiger partial charge in [0.05, 0.1) is 18.5 Å². The lowest BCUT2D eigenvalue weighted by Crippen LogP contribution is -2.42. The van der Waals surface area contributed by atoms with Gasteiger partial charge in [-0.3, -0.25) is 9.69 Å². The van der Waals surface area contributed by atoms with Gasteiger partial charge in [0.1, 0.15) is 6.54 Å². The SMILES string of the molecule is CCOC(=O)N(CC(=O)CBr)CC(F)(F)F. The van der Waals surface area contributed by atoms with Crippen molar-refractivity contribution in [3.8, 4) is 0 Å². The van der Waals surface area contributed by atoms with Gasteiger partial charge in [0.15, 0.2) is 5.78 Å². The maximum Gasteiger partial charge on any atom is 0.410 e. The molecule has 94 valence electrons. The van der Waals surface area contributed by atoms with E-state index in [1.165, 1.54) is 6.92 Å². The highest BCUT2D eigenvalue weighted by Gasteiger charge is 2.34. The van der Waals surface area contributed by atoms with Crippen molar-refractivity contribution in [2.75, 3.05) is 25.0 Å². The first-order chi connectivity index (χ1) is 7.30. The monoisotopic (exact) mass is 305 g/mol. The molecule has 0 radical (unpaired) electrons. The molecular weight excluding hydrogens is 295 g/mol. The van der Waals surface area contributed by atoms with Crippen LogP contribution in [0.25, 0.3) is 0 Å². The van der Waals surface area contributed by atoms with Crippen LogP contribution in [-0.4, -0.2) is 48.0 Å². The first-order valence-electron chi connectivity index (χ1n) is 4.36. The third-order valence-corrected chi connectivity index (χ3v) is 2.04. The molecule has 0 aliphatic carbocycles. The van der Waals surface area contributed by atoms with Crippen molar-refractivity contribution in [2.24, 2.45) is 0 Å². The summed E-state index contributed by atoms with van der Waals surface area (Å²) < 4.78 is 40.7. The molecule has 0 rings (SSSR count). The lowest BCUT2D eigenvalue weighted by atomic mass is 10.4. The molecule has 0 N–H and O–H groups in total. The number of amides is 1. The minimum absolute atomic E-state index is 0.0459. The number of ketones is 1. The summed E-state index contributed by atoms with van der Waals surface area (Å²) in [5, 5.41) is -0.110.